The summed E-state index contributed by atoms with van der Waals surface area (Å²) in [6.45, 7) is 3.49. The highest BCUT2D eigenvalue weighted by molar-refractivity contribution is 6.43. The van der Waals surface area contributed by atoms with Crippen molar-refractivity contribution in [3.05, 3.63) is 57.5 Å². The molecule has 0 bridgehead atoms. The Morgan fingerprint density at radius 1 is 1.15 bits per heavy atom. The van der Waals surface area contributed by atoms with Gasteiger partial charge in [-0.2, -0.15) is 0 Å². The summed E-state index contributed by atoms with van der Waals surface area (Å²) >= 11 is 12.7. The van der Waals surface area contributed by atoms with Crippen molar-refractivity contribution in [3.8, 4) is 11.3 Å². The van der Waals surface area contributed by atoms with Gasteiger partial charge in [0.05, 0.1) is 33.2 Å². The predicted molar refractivity (Wildman–Crippen MR) is 126 cm³/mol. The summed E-state index contributed by atoms with van der Waals surface area (Å²) in [4.78, 5) is 16.5. The Morgan fingerprint density at radius 2 is 1.91 bits per heavy atom. The molecule has 0 amide bonds. The molecule has 2 aliphatic carbocycles. The molecule has 1 aliphatic heterocycles. The summed E-state index contributed by atoms with van der Waals surface area (Å²) in [5.74, 6) is 1.58. The molecular formula is C24H25Cl2N5O2. The maximum Gasteiger partial charge on any atom is 0.181 e. The van der Waals surface area contributed by atoms with E-state index in [9.17, 15) is 5.11 Å². The van der Waals surface area contributed by atoms with Gasteiger partial charge in [-0.05, 0) is 38.7 Å². The molecule has 1 atom stereocenters. The topological polar surface area (TPSA) is 101 Å². The number of rotatable bonds is 3. The normalized spacial score (nSPS) is 22.6. The van der Waals surface area contributed by atoms with Gasteiger partial charge in [0.2, 0.25) is 0 Å². The highest BCUT2D eigenvalue weighted by atomic mass is 35.5. The van der Waals surface area contributed by atoms with Crippen molar-refractivity contribution in [3.63, 3.8) is 0 Å². The van der Waals surface area contributed by atoms with Crippen LogP contribution in [-0.2, 0) is 12.0 Å². The first-order chi connectivity index (χ1) is 15.8. The molecule has 3 aromatic rings. The Balaban J connectivity index is 1.34. The van der Waals surface area contributed by atoms with Crippen LogP contribution in [0.1, 0.15) is 54.6 Å². The number of fused-ring (bicyclic) bond motifs is 1. The van der Waals surface area contributed by atoms with Crippen molar-refractivity contribution in [1.82, 2.24) is 15.0 Å². The number of aliphatic hydroxyl groups is 1. The van der Waals surface area contributed by atoms with Gasteiger partial charge in [0, 0.05) is 30.5 Å². The van der Waals surface area contributed by atoms with Crippen molar-refractivity contribution < 1.29 is 9.52 Å². The number of nitrogens with two attached hydrogens (primary N) is 1. The molecule has 0 unspecified atom stereocenters. The number of benzene rings is 1. The fraction of sp³-hybridized carbons (Fsp3) is 0.458. The molecule has 2 aromatic heterocycles. The third-order valence-electron chi connectivity index (χ3n) is 7.62. The molecule has 3 heterocycles. The second-order valence-electron chi connectivity index (χ2n) is 9.63. The van der Waals surface area contributed by atoms with Crippen molar-refractivity contribution in [1.29, 1.82) is 0 Å². The lowest BCUT2D eigenvalue weighted by molar-refractivity contribution is 0.145. The lowest BCUT2D eigenvalue weighted by Gasteiger charge is -2.42. The third kappa shape index (κ3) is 3.28. The molecule has 3 aliphatic rings. The number of oxazole rings is 1. The summed E-state index contributed by atoms with van der Waals surface area (Å²) in [5, 5.41) is 12.0. The van der Waals surface area contributed by atoms with E-state index >= 15 is 0 Å². The van der Waals surface area contributed by atoms with Crippen molar-refractivity contribution in [2.75, 3.05) is 18.0 Å². The largest absolute Gasteiger partial charge is 0.447 e. The fourth-order valence-electron chi connectivity index (χ4n) is 5.37. The Hall–Kier alpha value is -2.19. The number of aryl methyl sites for hydroxylation is 1. The monoisotopic (exact) mass is 485 g/mol. The van der Waals surface area contributed by atoms with Gasteiger partial charge in [0.1, 0.15) is 17.1 Å². The van der Waals surface area contributed by atoms with Gasteiger partial charge in [-0.3, -0.25) is 0 Å². The molecule has 33 heavy (non-hydrogen) atoms. The molecule has 3 N–H and O–H groups in total. The minimum absolute atomic E-state index is 0.0354. The van der Waals surface area contributed by atoms with Crippen LogP contribution in [0, 0.1) is 12.3 Å². The summed E-state index contributed by atoms with van der Waals surface area (Å²) in [6.07, 6.45) is 5.49. The number of hydrogen-bond acceptors (Lipinski definition) is 7. The van der Waals surface area contributed by atoms with Gasteiger partial charge in [-0.15, -0.1) is 0 Å². The fourth-order valence-corrected chi connectivity index (χ4v) is 5.76. The molecule has 1 saturated carbocycles. The highest BCUT2D eigenvalue weighted by Crippen LogP contribution is 2.52. The average Bonchev–Trinajstić information content (AvgIpc) is 3.30. The van der Waals surface area contributed by atoms with Gasteiger partial charge in [0.15, 0.2) is 12.2 Å². The quantitative estimate of drug-likeness (QED) is 0.559. The summed E-state index contributed by atoms with van der Waals surface area (Å²) in [7, 11) is 0. The van der Waals surface area contributed by atoms with Crippen LogP contribution >= 0.6 is 23.2 Å². The van der Waals surface area contributed by atoms with Crippen molar-refractivity contribution >= 4 is 29.0 Å². The van der Waals surface area contributed by atoms with E-state index in [0.717, 1.165) is 60.9 Å². The number of aromatic nitrogens is 3. The molecule has 7 nitrogen and oxygen atoms in total. The maximum atomic E-state index is 11.1. The summed E-state index contributed by atoms with van der Waals surface area (Å²) in [5.41, 5.74) is 9.35. The molecule has 1 saturated heterocycles. The van der Waals surface area contributed by atoms with Gasteiger partial charge in [-0.25, -0.2) is 15.0 Å². The van der Waals surface area contributed by atoms with Crippen LogP contribution in [0.4, 0.5) is 5.82 Å². The Morgan fingerprint density at radius 3 is 2.61 bits per heavy atom. The molecular weight excluding hydrogens is 461 g/mol. The highest BCUT2D eigenvalue weighted by Gasteiger charge is 2.51. The van der Waals surface area contributed by atoms with E-state index < -0.39 is 5.60 Å². The molecule has 1 spiro atoms. The average molecular weight is 486 g/mol. The van der Waals surface area contributed by atoms with Crippen LogP contribution in [0.25, 0.3) is 11.3 Å². The number of piperidine rings is 1. The minimum Gasteiger partial charge on any atom is -0.447 e. The van der Waals surface area contributed by atoms with Crippen LogP contribution in [0.5, 0.6) is 0 Å². The number of nitrogens with zero attached hydrogens (tertiary/aromatic N) is 4. The molecule has 0 radical (unpaired) electrons. The minimum atomic E-state index is -0.944. The van der Waals surface area contributed by atoms with Crippen LogP contribution < -0.4 is 10.6 Å². The van der Waals surface area contributed by atoms with Crippen LogP contribution in [0.2, 0.25) is 10.0 Å². The zero-order valence-corrected chi connectivity index (χ0v) is 19.8. The van der Waals surface area contributed by atoms with E-state index in [1.807, 2.05) is 19.1 Å². The Labute approximate surface area is 201 Å². The standard InChI is InChI=1S/C24H25Cl2N5O2/c1-13-18(14-3-2-4-15(25)17(14)26)30-21(24(32)5-6-24)22(29-13)31-9-7-23(8-10-31)11-16-19(20(23)27)33-12-28-16/h2-4,12,20,32H,5-11,27H2,1H3/t20-/m1/s1. The first-order valence-corrected chi connectivity index (χ1v) is 12.1. The Kier molecular flexibility index (Phi) is 4.79. The SMILES string of the molecule is Cc1nc(N2CCC3(CC2)Cc2ncoc2[C@H]3N)c(C2(O)CC2)nc1-c1cccc(Cl)c1Cl. The molecule has 2 fully saturated rings. The van der Waals surface area contributed by atoms with Crippen LogP contribution in [0.3, 0.4) is 0 Å². The third-order valence-corrected chi connectivity index (χ3v) is 8.43. The van der Waals surface area contributed by atoms with E-state index in [-0.39, 0.29) is 11.5 Å². The first kappa shape index (κ1) is 21.4. The zero-order valence-electron chi connectivity index (χ0n) is 18.3. The van der Waals surface area contributed by atoms with E-state index in [2.05, 4.69) is 9.88 Å². The van der Waals surface area contributed by atoms with Gasteiger partial charge < -0.3 is 20.2 Å². The second kappa shape index (κ2) is 7.40. The lowest BCUT2D eigenvalue weighted by Crippen LogP contribution is -2.45. The van der Waals surface area contributed by atoms with E-state index in [0.29, 0.717) is 34.3 Å². The van der Waals surface area contributed by atoms with E-state index in [1.165, 1.54) is 6.39 Å². The van der Waals surface area contributed by atoms with E-state index in [4.69, 9.17) is 43.3 Å². The maximum absolute atomic E-state index is 11.1. The lowest BCUT2D eigenvalue weighted by atomic mass is 9.73. The summed E-state index contributed by atoms with van der Waals surface area (Å²) in [6, 6.07) is 5.34. The molecule has 9 heteroatoms. The number of halogens is 2. The van der Waals surface area contributed by atoms with Gasteiger partial charge in [-0.1, -0.05) is 35.3 Å². The van der Waals surface area contributed by atoms with E-state index in [1.54, 1.807) is 6.07 Å². The Bertz CT molecular complexity index is 1250. The summed E-state index contributed by atoms with van der Waals surface area (Å²) < 4.78 is 5.56. The van der Waals surface area contributed by atoms with Gasteiger partial charge >= 0.3 is 0 Å². The van der Waals surface area contributed by atoms with Crippen LogP contribution in [0.15, 0.2) is 29.0 Å². The van der Waals surface area contributed by atoms with Crippen molar-refractivity contribution in [2.45, 2.75) is 50.7 Å². The molecule has 1 aromatic carbocycles. The first-order valence-electron chi connectivity index (χ1n) is 11.3. The number of hydrogen-bond donors (Lipinski definition) is 2. The second-order valence-corrected chi connectivity index (χ2v) is 10.4. The number of anilines is 1. The molecule has 6 rings (SSSR count). The predicted octanol–water partition coefficient (Wildman–Crippen LogP) is 4.57. The smallest absolute Gasteiger partial charge is 0.181 e. The zero-order chi connectivity index (χ0) is 23.0. The molecule has 172 valence electrons. The van der Waals surface area contributed by atoms with Crippen LogP contribution in [-0.4, -0.2) is 33.1 Å². The van der Waals surface area contributed by atoms with Gasteiger partial charge in [0.25, 0.3) is 0 Å². The van der Waals surface area contributed by atoms with Crippen molar-refractivity contribution in [2.24, 2.45) is 11.1 Å².